The number of aromatic nitrogens is 4. The van der Waals surface area contributed by atoms with Gasteiger partial charge < -0.3 is 5.73 Å². The number of fused-ring (bicyclic) bond motifs is 1. The molecule has 4 heterocycles. The Balaban J connectivity index is 1.60. The second kappa shape index (κ2) is 8.29. The number of nitrogen functional groups attached to an aromatic ring is 1. The molecule has 0 aliphatic carbocycles. The Hall–Kier alpha value is -4.37. The van der Waals surface area contributed by atoms with E-state index in [0.29, 0.717) is 11.3 Å². The molecule has 33 heavy (non-hydrogen) atoms. The highest BCUT2D eigenvalue weighted by Crippen LogP contribution is 2.32. The first-order chi connectivity index (χ1) is 16.0. The second-order valence-electron chi connectivity index (χ2n) is 7.28. The van der Waals surface area contributed by atoms with Crippen LogP contribution in [0, 0.1) is 0 Å². The molecule has 0 spiro atoms. The molecule has 0 aliphatic heterocycles. The normalized spacial score (nSPS) is 11.4. The van der Waals surface area contributed by atoms with E-state index in [1.165, 1.54) is 12.3 Å². The van der Waals surface area contributed by atoms with Crippen molar-refractivity contribution in [2.45, 2.75) is 4.90 Å². The van der Waals surface area contributed by atoms with Crippen LogP contribution in [0.15, 0.2) is 96.7 Å². The average Bonchev–Trinajstić information content (AvgIpc) is 2.84. The van der Waals surface area contributed by atoms with E-state index < -0.39 is 10.0 Å². The van der Waals surface area contributed by atoms with Gasteiger partial charge in [0.1, 0.15) is 10.7 Å². The summed E-state index contributed by atoms with van der Waals surface area (Å²) in [4.78, 5) is 16.5. The van der Waals surface area contributed by atoms with Crippen LogP contribution >= 0.6 is 0 Å². The van der Waals surface area contributed by atoms with E-state index in [-0.39, 0.29) is 10.7 Å². The van der Waals surface area contributed by atoms with Crippen LogP contribution < -0.4 is 10.5 Å². The zero-order chi connectivity index (χ0) is 22.8. The van der Waals surface area contributed by atoms with E-state index in [9.17, 15) is 8.42 Å². The number of anilines is 2. The first-order valence-electron chi connectivity index (χ1n) is 9.99. The maximum atomic E-state index is 13.0. The van der Waals surface area contributed by atoms with Crippen molar-refractivity contribution >= 4 is 32.4 Å². The van der Waals surface area contributed by atoms with E-state index in [0.717, 1.165) is 27.6 Å². The number of nitrogens with one attached hydrogen (secondary N) is 1. The maximum Gasteiger partial charge on any atom is 0.265 e. The molecule has 9 heteroatoms. The van der Waals surface area contributed by atoms with Crippen molar-refractivity contribution < 1.29 is 8.42 Å². The predicted octanol–water partition coefficient (Wildman–Crippen LogP) is 4.14. The Bertz CT molecular complexity index is 1560. The molecule has 5 aromatic rings. The largest absolute Gasteiger partial charge is 0.383 e. The fraction of sp³-hybridized carbons (Fsp3) is 0. The number of rotatable bonds is 5. The molecule has 0 fully saturated rings. The van der Waals surface area contributed by atoms with Gasteiger partial charge in [0.15, 0.2) is 0 Å². The van der Waals surface area contributed by atoms with Crippen molar-refractivity contribution in [1.82, 2.24) is 19.9 Å². The summed E-state index contributed by atoms with van der Waals surface area (Å²) in [6.45, 7) is 0. The average molecular weight is 455 g/mol. The molecule has 8 nitrogen and oxygen atoms in total. The fourth-order valence-electron chi connectivity index (χ4n) is 3.57. The standard InChI is InChI=1S/C24H18N6O2S/c25-24-23(33(31,32)30-19-2-1-8-27-15-19)13-18(14-29-24)17-3-4-22-21(12-17)20(7-11-28-22)16-5-9-26-10-6-16/h1-15,30H,(H2,25,29). The highest BCUT2D eigenvalue weighted by molar-refractivity contribution is 7.92. The summed E-state index contributed by atoms with van der Waals surface area (Å²) in [7, 11) is -3.96. The first-order valence-corrected chi connectivity index (χ1v) is 11.5. The quantitative estimate of drug-likeness (QED) is 0.409. The number of hydrogen-bond acceptors (Lipinski definition) is 7. The Labute approximate surface area is 190 Å². The molecule has 3 N–H and O–H groups in total. The van der Waals surface area contributed by atoms with Gasteiger partial charge in [-0.2, -0.15) is 0 Å². The third-order valence-electron chi connectivity index (χ3n) is 5.15. The Morgan fingerprint density at radius 3 is 2.39 bits per heavy atom. The van der Waals surface area contributed by atoms with E-state index in [1.54, 1.807) is 43.1 Å². The number of hydrogen-bond donors (Lipinski definition) is 2. The first kappa shape index (κ1) is 20.5. The van der Waals surface area contributed by atoms with E-state index in [1.807, 2.05) is 36.4 Å². The van der Waals surface area contributed by atoms with Gasteiger partial charge in [-0.3, -0.25) is 19.7 Å². The van der Waals surface area contributed by atoms with Crippen LogP contribution in [0.25, 0.3) is 33.2 Å². The van der Waals surface area contributed by atoms with Gasteiger partial charge in [0.25, 0.3) is 10.0 Å². The molecule has 0 atom stereocenters. The van der Waals surface area contributed by atoms with E-state index >= 15 is 0 Å². The molecule has 1 aromatic carbocycles. The molecule has 4 aromatic heterocycles. The molecule has 162 valence electrons. The molecule has 0 saturated carbocycles. The van der Waals surface area contributed by atoms with Crippen molar-refractivity contribution in [3.05, 3.63) is 91.8 Å². The van der Waals surface area contributed by atoms with Gasteiger partial charge in [-0.1, -0.05) is 6.07 Å². The third kappa shape index (κ3) is 4.09. The summed E-state index contributed by atoms with van der Waals surface area (Å²) < 4.78 is 28.5. The zero-order valence-corrected chi connectivity index (χ0v) is 18.1. The van der Waals surface area contributed by atoms with Gasteiger partial charge in [0.2, 0.25) is 0 Å². The van der Waals surface area contributed by atoms with Crippen molar-refractivity contribution in [1.29, 1.82) is 0 Å². The molecular formula is C24H18N6O2S. The van der Waals surface area contributed by atoms with E-state index in [4.69, 9.17) is 5.73 Å². The summed E-state index contributed by atoms with van der Waals surface area (Å²) in [5.41, 5.74) is 10.5. The molecule has 0 aliphatic rings. The monoisotopic (exact) mass is 454 g/mol. The lowest BCUT2D eigenvalue weighted by Gasteiger charge is -2.12. The molecule has 0 bridgehead atoms. The van der Waals surface area contributed by atoms with Gasteiger partial charge in [-0.05, 0) is 65.2 Å². The SMILES string of the molecule is Nc1ncc(-c2ccc3nccc(-c4ccncc4)c3c2)cc1S(=O)(=O)Nc1cccnc1. The summed E-state index contributed by atoms with van der Waals surface area (Å²) in [6, 6.07) is 16.3. The highest BCUT2D eigenvalue weighted by atomic mass is 32.2. The maximum absolute atomic E-state index is 13.0. The zero-order valence-electron chi connectivity index (χ0n) is 17.3. The Morgan fingerprint density at radius 2 is 1.61 bits per heavy atom. The summed E-state index contributed by atoms with van der Waals surface area (Å²) in [5.74, 6) is -0.0879. The molecule has 0 saturated heterocycles. The molecule has 5 rings (SSSR count). The number of pyridine rings is 4. The summed E-state index contributed by atoms with van der Waals surface area (Å²) in [6.07, 6.45) is 9.77. The predicted molar refractivity (Wildman–Crippen MR) is 128 cm³/mol. The summed E-state index contributed by atoms with van der Waals surface area (Å²) in [5, 5.41) is 0.927. The highest BCUT2D eigenvalue weighted by Gasteiger charge is 2.20. The van der Waals surface area contributed by atoms with Crippen LogP contribution in [0.2, 0.25) is 0 Å². The van der Waals surface area contributed by atoms with Crippen LogP contribution in [0.5, 0.6) is 0 Å². The minimum absolute atomic E-state index is 0.0879. The number of sulfonamides is 1. The van der Waals surface area contributed by atoms with Gasteiger partial charge >= 0.3 is 0 Å². The second-order valence-corrected chi connectivity index (χ2v) is 8.93. The third-order valence-corrected chi connectivity index (χ3v) is 6.56. The van der Waals surface area contributed by atoms with Crippen LogP contribution in [0.1, 0.15) is 0 Å². The van der Waals surface area contributed by atoms with Crippen LogP contribution in [0.3, 0.4) is 0 Å². The molecule has 0 radical (unpaired) electrons. The van der Waals surface area contributed by atoms with Crippen molar-refractivity contribution in [2.75, 3.05) is 10.5 Å². The van der Waals surface area contributed by atoms with Crippen molar-refractivity contribution in [3.8, 4) is 22.3 Å². The minimum atomic E-state index is -3.96. The van der Waals surface area contributed by atoms with Crippen LogP contribution in [0.4, 0.5) is 11.5 Å². The van der Waals surface area contributed by atoms with E-state index in [2.05, 4.69) is 24.7 Å². The lowest BCUT2D eigenvalue weighted by molar-refractivity contribution is 0.601. The number of nitrogens with zero attached hydrogens (tertiary/aromatic N) is 4. The van der Waals surface area contributed by atoms with Crippen LogP contribution in [-0.4, -0.2) is 28.4 Å². The van der Waals surface area contributed by atoms with Gasteiger partial charge in [-0.15, -0.1) is 0 Å². The Morgan fingerprint density at radius 1 is 0.758 bits per heavy atom. The van der Waals surface area contributed by atoms with Crippen LogP contribution in [-0.2, 0) is 10.0 Å². The molecule has 0 unspecified atom stereocenters. The topological polar surface area (TPSA) is 124 Å². The van der Waals surface area contributed by atoms with Gasteiger partial charge in [-0.25, -0.2) is 13.4 Å². The minimum Gasteiger partial charge on any atom is -0.383 e. The summed E-state index contributed by atoms with van der Waals surface area (Å²) >= 11 is 0. The Kier molecular flexibility index (Phi) is 5.15. The molecule has 0 amide bonds. The van der Waals surface area contributed by atoms with Crippen molar-refractivity contribution in [3.63, 3.8) is 0 Å². The van der Waals surface area contributed by atoms with Gasteiger partial charge in [0, 0.05) is 41.9 Å². The number of benzene rings is 1. The fourth-order valence-corrected chi connectivity index (χ4v) is 4.72. The lowest BCUT2D eigenvalue weighted by atomic mass is 9.98. The lowest BCUT2D eigenvalue weighted by Crippen LogP contribution is -2.15. The van der Waals surface area contributed by atoms with Crippen molar-refractivity contribution in [2.24, 2.45) is 0 Å². The van der Waals surface area contributed by atoms with Gasteiger partial charge in [0.05, 0.1) is 17.4 Å². The smallest absolute Gasteiger partial charge is 0.265 e. The number of nitrogens with two attached hydrogens (primary N) is 1. The molecular weight excluding hydrogens is 436 g/mol.